The number of aromatic nitrogens is 2. The molecule has 29 heavy (non-hydrogen) atoms. The summed E-state index contributed by atoms with van der Waals surface area (Å²) < 4.78 is 1.33. The van der Waals surface area contributed by atoms with Gasteiger partial charge in [-0.05, 0) is 49.8 Å². The van der Waals surface area contributed by atoms with Crippen molar-refractivity contribution >= 4 is 16.7 Å². The zero-order valence-corrected chi connectivity index (χ0v) is 17.1. The van der Waals surface area contributed by atoms with E-state index in [-0.39, 0.29) is 24.1 Å². The molecule has 0 bridgehead atoms. The standard InChI is InChI=1S/C24H27N3O2/c1-3-14-26(20-13-12-18-8-4-5-9-19(18)15-20)23(28)16-27-24(29)22-11-7-6-10-21(22)17(2)25-27/h4-11,20H,3,12-16H2,1-2H3. The van der Waals surface area contributed by atoms with Gasteiger partial charge in [-0.15, -0.1) is 0 Å². The highest BCUT2D eigenvalue weighted by molar-refractivity contribution is 5.83. The second-order valence-corrected chi connectivity index (χ2v) is 7.85. The van der Waals surface area contributed by atoms with Crippen LogP contribution in [0.2, 0.25) is 0 Å². The molecule has 1 aliphatic rings. The summed E-state index contributed by atoms with van der Waals surface area (Å²) in [5, 5.41) is 5.88. The highest BCUT2D eigenvalue weighted by Gasteiger charge is 2.27. The van der Waals surface area contributed by atoms with Crippen LogP contribution in [-0.2, 0) is 24.2 Å². The first-order chi connectivity index (χ1) is 14.1. The third-order valence-corrected chi connectivity index (χ3v) is 5.88. The Morgan fingerprint density at radius 2 is 1.79 bits per heavy atom. The van der Waals surface area contributed by atoms with Gasteiger partial charge in [0.05, 0.1) is 11.1 Å². The number of hydrogen-bond donors (Lipinski definition) is 0. The molecule has 0 saturated heterocycles. The van der Waals surface area contributed by atoms with Crippen molar-refractivity contribution in [1.29, 1.82) is 0 Å². The van der Waals surface area contributed by atoms with Crippen LogP contribution in [-0.4, -0.2) is 33.2 Å². The van der Waals surface area contributed by atoms with E-state index in [1.54, 1.807) is 6.07 Å². The van der Waals surface area contributed by atoms with Crippen molar-refractivity contribution < 1.29 is 4.79 Å². The van der Waals surface area contributed by atoms with Crippen LogP contribution in [0.3, 0.4) is 0 Å². The third-order valence-electron chi connectivity index (χ3n) is 5.88. The normalized spacial score (nSPS) is 15.9. The Balaban J connectivity index is 1.60. The van der Waals surface area contributed by atoms with Crippen LogP contribution in [0.25, 0.3) is 10.8 Å². The molecule has 5 heteroatoms. The second-order valence-electron chi connectivity index (χ2n) is 7.85. The molecule has 5 nitrogen and oxygen atoms in total. The minimum absolute atomic E-state index is 0.0113. The first kappa shape index (κ1) is 19.4. The lowest BCUT2D eigenvalue weighted by atomic mass is 9.87. The smallest absolute Gasteiger partial charge is 0.275 e. The molecular weight excluding hydrogens is 362 g/mol. The topological polar surface area (TPSA) is 55.2 Å². The van der Waals surface area contributed by atoms with Crippen LogP contribution in [0.4, 0.5) is 0 Å². The van der Waals surface area contributed by atoms with Gasteiger partial charge in [-0.2, -0.15) is 5.10 Å². The first-order valence-corrected chi connectivity index (χ1v) is 10.4. The minimum Gasteiger partial charge on any atom is -0.338 e. The van der Waals surface area contributed by atoms with Gasteiger partial charge in [0.2, 0.25) is 5.91 Å². The molecule has 4 rings (SSSR count). The van der Waals surface area contributed by atoms with E-state index in [1.165, 1.54) is 15.8 Å². The van der Waals surface area contributed by atoms with Gasteiger partial charge < -0.3 is 4.90 Å². The molecule has 0 spiro atoms. The van der Waals surface area contributed by atoms with Crippen molar-refractivity contribution in [2.45, 2.75) is 52.1 Å². The molecule has 1 aliphatic carbocycles. The Morgan fingerprint density at radius 3 is 2.55 bits per heavy atom. The molecule has 0 aliphatic heterocycles. The highest BCUT2D eigenvalue weighted by Crippen LogP contribution is 2.25. The number of benzene rings is 2. The van der Waals surface area contributed by atoms with E-state index in [2.05, 4.69) is 36.3 Å². The van der Waals surface area contributed by atoms with Crippen molar-refractivity contribution in [1.82, 2.24) is 14.7 Å². The Bertz CT molecular complexity index is 1100. The molecule has 1 atom stereocenters. The first-order valence-electron chi connectivity index (χ1n) is 10.4. The van der Waals surface area contributed by atoms with E-state index in [9.17, 15) is 9.59 Å². The van der Waals surface area contributed by atoms with Crippen molar-refractivity contribution in [3.63, 3.8) is 0 Å². The van der Waals surface area contributed by atoms with E-state index in [0.717, 1.165) is 36.8 Å². The van der Waals surface area contributed by atoms with Crippen LogP contribution in [0.1, 0.15) is 36.6 Å². The molecule has 3 aromatic rings. The molecule has 1 amide bonds. The van der Waals surface area contributed by atoms with Gasteiger partial charge in [0, 0.05) is 18.0 Å². The average Bonchev–Trinajstić information content (AvgIpc) is 2.75. The van der Waals surface area contributed by atoms with Crippen LogP contribution < -0.4 is 5.56 Å². The maximum Gasteiger partial charge on any atom is 0.275 e. The fourth-order valence-corrected chi connectivity index (χ4v) is 4.43. The molecule has 0 N–H and O–H groups in total. The van der Waals surface area contributed by atoms with Gasteiger partial charge in [-0.3, -0.25) is 9.59 Å². The minimum atomic E-state index is -0.204. The van der Waals surface area contributed by atoms with E-state index >= 15 is 0 Å². The summed E-state index contributed by atoms with van der Waals surface area (Å²) in [6.45, 7) is 4.65. The molecule has 0 saturated carbocycles. The van der Waals surface area contributed by atoms with Crippen LogP contribution in [0.15, 0.2) is 53.3 Å². The lowest BCUT2D eigenvalue weighted by Crippen LogP contribution is -2.46. The van der Waals surface area contributed by atoms with Gasteiger partial charge >= 0.3 is 0 Å². The average molecular weight is 389 g/mol. The van der Waals surface area contributed by atoms with E-state index < -0.39 is 0 Å². The zero-order valence-electron chi connectivity index (χ0n) is 17.1. The quantitative estimate of drug-likeness (QED) is 0.671. The predicted octanol–water partition coefficient (Wildman–Crippen LogP) is 3.50. The Morgan fingerprint density at radius 1 is 1.10 bits per heavy atom. The summed E-state index contributed by atoms with van der Waals surface area (Å²) in [5.74, 6) is -0.0273. The maximum absolute atomic E-state index is 13.2. The van der Waals surface area contributed by atoms with Crippen molar-refractivity contribution in [3.8, 4) is 0 Å². The fourth-order valence-electron chi connectivity index (χ4n) is 4.43. The SMILES string of the molecule is CCCN(C(=O)Cn1nc(C)c2ccccc2c1=O)C1CCc2ccccc2C1. The number of aryl methyl sites for hydroxylation is 2. The van der Waals surface area contributed by atoms with Gasteiger partial charge in [-0.25, -0.2) is 4.68 Å². The summed E-state index contributed by atoms with van der Waals surface area (Å²) in [4.78, 5) is 28.1. The van der Waals surface area contributed by atoms with Crippen LogP contribution in [0, 0.1) is 6.92 Å². The maximum atomic E-state index is 13.2. The Labute approximate surface area is 171 Å². The number of fused-ring (bicyclic) bond motifs is 2. The largest absolute Gasteiger partial charge is 0.338 e. The summed E-state index contributed by atoms with van der Waals surface area (Å²) in [7, 11) is 0. The summed E-state index contributed by atoms with van der Waals surface area (Å²) in [5.41, 5.74) is 3.27. The number of carbonyl (C=O) groups excluding carboxylic acids is 1. The molecule has 0 radical (unpaired) electrons. The number of nitrogens with zero attached hydrogens (tertiary/aromatic N) is 3. The summed E-state index contributed by atoms with van der Waals surface area (Å²) in [6, 6.07) is 16.1. The molecular formula is C24H27N3O2. The fraction of sp³-hybridized carbons (Fsp3) is 0.375. The van der Waals surface area contributed by atoms with E-state index in [4.69, 9.17) is 0 Å². The monoisotopic (exact) mass is 389 g/mol. The van der Waals surface area contributed by atoms with Crippen molar-refractivity contribution in [3.05, 3.63) is 75.7 Å². The van der Waals surface area contributed by atoms with Crippen LogP contribution >= 0.6 is 0 Å². The third kappa shape index (κ3) is 3.82. The number of hydrogen-bond acceptors (Lipinski definition) is 3. The van der Waals surface area contributed by atoms with E-state index in [0.29, 0.717) is 11.9 Å². The summed E-state index contributed by atoms with van der Waals surface area (Å²) >= 11 is 0. The Hall–Kier alpha value is -2.95. The van der Waals surface area contributed by atoms with Gasteiger partial charge in [0.25, 0.3) is 5.56 Å². The lowest BCUT2D eigenvalue weighted by Gasteiger charge is -2.35. The molecule has 0 fully saturated rings. The Kier molecular flexibility index (Phi) is 5.47. The van der Waals surface area contributed by atoms with Crippen molar-refractivity contribution in [2.75, 3.05) is 6.54 Å². The van der Waals surface area contributed by atoms with Gasteiger partial charge in [0.15, 0.2) is 0 Å². The number of amides is 1. The number of carbonyl (C=O) groups is 1. The number of rotatable bonds is 5. The zero-order chi connectivity index (χ0) is 20.4. The van der Waals surface area contributed by atoms with Crippen molar-refractivity contribution in [2.24, 2.45) is 0 Å². The molecule has 1 aromatic heterocycles. The molecule has 1 unspecified atom stereocenters. The molecule has 1 heterocycles. The predicted molar refractivity (Wildman–Crippen MR) is 115 cm³/mol. The molecule has 2 aromatic carbocycles. The van der Waals surface area contributed by atoms with E-state index in [1.807, 2.05) is 30.0 Å². The van der Waals surface area contributed by atoms with Gasteiger partial charge in [-0.1, -0.05) is 49.4 Å². The molecule has 150 valence electrons. The van der Waals surface area contributed by atoms with Gasteiger partial charge in [0.1, 0.15) is 6.54 Å². The van der Waals surface area contributed by atoms with Crippen LogP contribution in [0.5, 0.6) is 0 Å². The second kappa shape index (κ2) is 8.19. The lowest BCUT2D eigenvalue weighted by molar-refractivity contribution is -0.134. The summed E-state index contributed by atoms with van der Waals surface area (Å²) in [6.07, 6.45) is 3.72. The highest BCUT2D eigenvalue weighted by atomic mass is 16.2.